The number of aromatic nitrogens is 2. The molecule has 1 aromatic carbocycles. The molecule has 0 radical (unpaired) electrons. The lowest BCUT2D eigenvalue weighted by Gasteiger charge is -2.22. The molecule has 0 fully saturated rings. The second-order valence-corrected chi connectivity index (χ2v) is 9.02. The third-order valence-electron chi connectivity index (χ3n) is 5.05. The number of hydrogen-bond acceptors (Lipinski definition) is 4. The van der Waals surface area contributed by atoms with Crippen LogP contribution in [0.4, 0.5) is 10.6 Å². The van der Waals surface area contributed by atoms with E-state index in [4.69, 9.17) is 9.84 Å². The van der Waals surface area contributed by atoms with Crippen molar-refractivity contribution in [2.75, 3.05) is 38.7 Å². The molecule has 0 unspecified atom stereocenters. The molecule has 0 aliphatic rings. The van der Waals surface area contributed by atoms with E-state index in [1.807, 2.05) is 39.0 Å². The van der Waals surface area contributed by atoms with Gasteiger partial charge in [0, 0.05) is 38.3 Å². The average molecular weight is 444 g/mol. The first-order valence-electron chi connectivity index (χ1n) is 11.1. The van der Waals surface area contributed by atoms with Crippen LogP contribution in [0.5, 0.6) is 0 Å². The van der Waals surface area contributed by atoms with Crippen LogP contribution in [0.3, 0.4) is 0 Å². The van der Waals surface area contributed by atoms with Gasteiger partial charge in [-0.15, -0.1) is 0 Å². The summed E-state index contributed by atoms with van der Waals surface area (Å²) >= 11 is 0. The molecule has 2 N–H and O–H groups in total. The quantitative estimate of drug-likeness (QED) is 0.577. The standard InChI is InChI=1S/C24H37N5O3/c1-8-25-23(31)28(12-9-13-32-7)16-22(30)26-21-15-20(24(4,5)6)27-29(21)19-11-10-17(2)14-18(19)3/h10-11,14-15H,8-9,12-13,16H2,1-7H3,(H,25,31)(H,26,30). The Balaban J connectivity index is 2.30. The summed E-state index contributed by atoms with van der Waals surface area (Å²) in [5.74, 6) is 0.305. The largest absolute Gasteiger partial charge is 0.385 e. The molecule has 8 nitrogen and oxygen atoms in total. The van der Waals surface area contributed by atoms with Crippen LogP contribution < -0.4 is 10.6 Å². The zero-order valence-corrected chi connectivity index (χ0v) is 20.4. The first-order valence-corrected chi connectivity index (χ1v) is 11.1. The molecule has 1 aromatic heterocycles. The normalized spacial score (nSPS) is 11.3. The fraction of sp³-hybridized carbons (Fsp3) is 0.542. The van der Waals surface area contributed by atoms with Gasteiger partial charge in [-0.1, -0.05) is 38.5 Å². The fourth-order valence-electron chi connectivity index (χ4n) is 3.33. The van der Waals surface area contributed by atoms with Crippen molar-refractivity contribution in [3.8, 4) is 5.69 Å². The Kier molecular flexibility index (Phi) is 8.83. The molecule has 32 heavy (non-hydrogen) atoms. The third-order valence-corrected chi connectivity index (χ3v) is 5.05. The summed E-state index contributed by atoms with van der Waals surface area (Å²) in [7, 11) is 1.62. The molecule has 0 bridgehead atoms. The molecule has 2 aromatic rings. The highest BCUT2D eigenvalue weighted by atomic mass is 16.5. The maximum absolute atomic E-state index is 12.9. The SMILES string of the molecule is CCNC(=O)N(CCCOC)CC(=O)Nc1cc(C(C)(C)C)nn1-c1ccc(C)cc1C. The predicted octanol–water partition coefficient (Wildman–Crippen LogP) is 3.79. The van der Waals surface area contributed by atoms with Crippen LogP contribution in [0.15, 0.2) is 24.3 Å². The minimum Gasteiger partial charge on any atom is -0.385 e. The number of nitrogens with zero attached hydrogens (tertiary/aromatic N) is 3. The zero-order chi connectivity index (χ0) is 23.9. The van der Waals surface area contributed by atoms with Crippen LogP contribution in [-0.2, 0) is 14.9 Å². The average Bonchev–Trinajstić information content (AvgIpc) is 3.11. The fourth-order valence-corrected chi connectivity index (χ4v) is 3.33. The van der Waals surface area contributed by atoms with Crippen LogP contribution in [-0.4, -0.2) is 60.0 Å². The second-order valence-electron chi connectivity index (χ2n) is 9.02. The molecular formula is C24H37N5O3. The zero-order valence-electron chi connectivity index (χ0n) is 20.4. The molecular weight excluding hydrogens is 406 g/mol. The lowest BCUT2D eigenvalue weighted by atomic mass is 9.92. The minimum absolute atomic E-state index is 0.0571. The molecule has 3 amide bonds. The molecule has 0 aliphatic carbocycles. The second kappa shape index (κ2) is 11.1. The Hall–Kier alpha value is -2.87. The number of amides is 3. The van der Waals surface area contributed by atoms with Crippen LogP contribution in [0.1, 0.15) is 50.9 Å². The highest BCUT2D eigenvalue weighted by molar-refractivity contribution is 5.94. The van der Waals surface area contributed by atoms with Crippen LogP contribution >= 0.6 is 0 Å². The van der Waals surface area contributed by atoms with Crippen molar-refractivity contribution in [2.24, 2.45) is 0 Å². The number of methoxy groups -OCH3 is 1. The highest BCUT2D eigenvalue weighted by Gasteiger charge is 2.23. The van der Waals surface area contributed by atoms with Gasteiger partial charge in [0.05, 0.1) is 11.4 Å². The smallest absolute Gasteiger partial charge is 0.317 e. The monoisotopic (exact) mass is 443 g/mol. The number of hydrogen-bond donors (Lipinski definition) is 2. The summed E-state index contributed by atoms with van der Waals surface area (Å²) in [4.78, 5) is 26.8. The number of aryl methyl sites for hydroxylation is 2. The molecule has 0 atom stereocenters. The maximum Gasteiger partial charge on any atom is 0.317 e. The molecule has 2 rings (SSSR count). The summed E-state index contributed by atoms with van der Waals surface area (Å²) in [6, 6.07) is 7.76. The van der Waals surface area contributed by atoms with Crippen LogP contribution in [0, 0.1) is 13.8 Å². The van der Waals surface area contributed by atoms with E-state index in [9.17, 15) is 9.59 Å². The van der Waals surface area contributed by atoms with Crippen molar-refractivity contribution in [3.05, 3.63) is 41.1 Å². The van der Waals surface area contributed by atoms with Gasteiger partial charge in [0.1, 0.15) is 12.4 Å². The molecule has 176 valence electrons. The van der Waals surface area contributed by atoms with Crippen molar-refractivity contribution in [1.82, 2.24) is 20.0 Å². The van der Waals surface area contributed by atoms with Gasteiger partial charge < -0.3 is 20.3 Å². The van der Waals surface area contributed by atoms with Crippen molar-refractivity contribution in [2.45, 2.75) is 53.4 Å². The number of urea groups is 1. The Morgan fingerprint density at radius 2 is 1.91 bits per heavy atom. The first-order chi connectivity index (χ1) is 15.1. The topological polar surface area (TPSA) is 88.5 Å². The molecule has 0 aliphatic heterocycles. The van der Waals surface area contributed by atoms with Gasteiger partial charge in [-0.25, -0.2) is 9.48 Å². The highest BCUT2D eigenvalue weighted by Crippen LogP contribution is 2.27. The number of benzene rings is 1. The van der Waals surface area contributed by atoms with Crippen LogP contribution in [0.25, 0.3) is 5.69 Å². The van der Waals surface area contributed by atoms with Crippen LogP contribution in [0.2, 0.25) is 0 Å². The van der Waals surface area contributed by atoms with Crippen molar-refractivity contribution in [1.29, 1.82) is 0 Å². The Morgan fingerprint density at radius 1 is 1.19 bits per heavy atom. The summed E-state index contributed by atoms with van der Waals surface area (Å²) in [5, 5.41) is 10.5. The molecule has 0 saturated carbocycles. The summed E-state index contributed by atoms with van der Waals surface area (Å²) < 4.78 is 6.85. The third kappa shape index (κ3) is 6.82. The molecule has 8 heteroatoms. The predicted molar refractivity (Wildman–Crippen MR) is 128 cm³/mol. The number of ether oxygens (including phenoxy) is 1. The number of rotatable bonds is 9. The van der Waals surface area contributed by atoms with E-state index in [1.54, 1.807) is 11.8 Å². The number of carbonyl (C=O) groups excluding carboxylic acids is 2. The van der Waals surface area contributed by atoms with Crippen molar-refractivity contribution >= 4 is 17.8 Å². The molecule has 1 heterocycles. The summed E-state index contributed by atoms with van der Waals surface area (Å²) in [6.45, 7) is 13.6. The first kappa shape index (κ1) is 25.4. The Labute approximate surface area is 191 Å². The van der Waals surface area contributed by atoms with Crippen molar-refractivity contribution in [3.63, 3.8) is 0 Å². The van der Waals surface area contributed by atoms with Gasteiger partial charge in [-0.05, 0) is 38.8 Å². The van der Waals surface area contributed by atoms with Gasteiger partial charge in [0.15, 0.2) is 0 Å². The van der Waals surface area contributed by atoms with Gasteiger partial charge in [-0.2, -0.15) is 5.10 Å². The lowest BCUT2D eigenvalue weighted by Crippen LogP contribution is -2.44. The van der Waals surface area contributed by atoms with Gasteiger partial charge in [-0.3, -0.25) is 4.79 Å². The van der Waals surface area contributed by atoms with E-state index in [1.165, 1.54) is 4.90 Å². The van der Waals surface area contributed by atoms with E-state index in [-0.39, 0.29) is 23.9 Å². The molecule has 0 spiro atoms. The summed E-state index contributed by atoms with van der Waals surface area (Å²) in [6.07, 6.45) is 0.648. The lowest BCUT2D eigenvalue weighted by molar-refractivity contribution is -0.116. The summed E-state index contributed by atoms with van der Waals surface area (Å²) in [5.41, 5.74) is 3.81. The van der Waals surface area contributed by atoms with Crippen molar-refractivity contribution < 1.29 is 14.3 Å². The van der Waals surface area contributed by atoms with E-state index >= 15 is 0 Å². The van der Waals surface area contributed by atoms with Gasteiger partial charge in [0.25, 0.3) is 0 Å². The number of carbonyl (C=O) groups is 2. The minimum atomic E-state index is -0.278. The maximum atomic E-state index is 12.9. The van der Waals surface area contributed by atoms with E-state index < -0.39 is 0 Å². The van der Waals surface area contributed by atoms with E-state index in [0.717, 1.165) is 22.5 Å². The van der Waals surface area contributed by atoms with Gasteiger partial charge in [0.2, 0.25) is 5.91 Å². The Morgan fingerprint density at radius 3 is 2.50 bits per heavy atom. The van der Waals surface area contributed by atoms with Gasteiger partial charge >= 0.3 is 6.03 Å². The van der Waals surface area contributed by atoms with E-state index in [0.29, 0.717) is 31.9 Å². The van der Waals surface area contributed by atoms with E-state index in [2.05, 4.69) is 37.5 Å². The Bertz CT molecular complexity index is 930. The molecule has 0 saturated heterocycles. The number of anilines is 1. The number of nitrogens with one attached hydrogen (secondary N) is 2.